The molecule has 1 amide bonds. The number of hydrogen-bond donors (Lipinski definition) is 0. The van der Waals surface area contributed by atoms with Gasteiger partial charge in [0.15, 0.2) is 11.5 Å². The largest absolute Gasteiger partial charge is 0.454 e. The highest BCUT2D eigenvalue weighted by Gasteiger charge is 2.39. The number of benzene rings is 2. The van der Waals surface area contributed by atoms with Crippen LogP contribution in [0.2, 0.25) is 0 Å². The van der Waals surface area contributed by atoms with Crippen molar-refractivity contribution in [2.75, 3.05) is 26.9 Å². The number of carbonyl (C=O) groups is 1. The van der Waals surface area contributed by atoms with Gasteiger partial charge in [0.1, 0.15) is 0 Å². The van der Waals surface area contributed by atoms with Gasteiger partial charge in [-0.15, -0.1) is 0 Å². The second-order valence-electron chi connectivity index (χ2n) is 7.77. The van der Waals surface area contributed by atoms with Crippen LogP contribution in [0, 0.1) is 0 Å². The molecule has 1 fully saturated rings. The first-order valence-electron chi connectivity index (χ1n) is 9.71. The Morgan fingerprint density at radius 3 is 2.82 bits per heavy atom. The lowest BCUT2D eigenvalue weighted by Crippen LogP contribution is -2.57. The number of nitrogens with zero attached hydrogens (tertiary/aromatic N) is 3. The Kier molecular flexibility index (Phi) is 3.29. The average Bonchev–Trinajstić information content (AvgIpc) is 3.31. The van der Waals surface area contributed by atoms with Crippen LogP contribution >= 0.6 is 0 Å². The quantitative estimate of drug-likeness (QED) is 0.656. The Morgan fingerprint density at radius 1 is 1.04 bits per heavy atom. The highest BCUT2D eigenvalue weighted by molar-refractivity contribution is 5.90. The summed E-state index contributed by atoms with van der Waals surface area (Å²) in [5.74, 6) is 1.81. The normalized spacial score (nSPS) is 21.1. The third-order valence-corrected chi connectivity index (χ3v) is 6.28. The van der Waals surface area contributed by atoms with E-state index >= 15 is 0 Å². The van der Waals surface area contributed by atoms with Crippen molar-refractivity contribution in [2.24, 2.45) is 0 Å². The van der Waals surface area contributed by atoms with Crippen molar-refractivity contribution in [3.63, 3.8) is 0 Å². The molecule has 4 heterocycles. The number of piperazine rings is 1. The monoisotopic (exact) mass is 375 g/mol. The molecule has 1 aromatic heterocycles. The fourth-order valence-electron chi connectivity index (χ4n) is 4.82. The predicted molar refractivity (Wildman–Crippen MR) is 105 cm³/mol. The van der Waals surface area contributed by atoms with Gasteiger partial charge in [-0.3, -0.25) is 9.69 Å². The van der Waals surface area contributed by atoms with Crippen molar-refractivity contribution in [2.45, 2.75) is 19.0 Å². The smallest absolute Gasteiger partial charge is 0.240 e. The number of carbonyl (C=O) groups excluding carboxylic acids is 1. The van der Waals surface area contributed by atoms with E-state index in [9.17, 15) is 4.79 Å². The molecule has 6 heteroatoms. The molecule has 28 heavy (non-hydrogen) atoms. The molecule has 2 aromatic carbocycles. The molecule has 142 valence electrons. The van der Waals surface area contributed by atoms with E-state index in [4.69, 9.17) is 9.47 Å². The second kappa shape index (κ2) is 5.75. The van der Waals surface area contributed by atoms with E-state index in [1.54, 1.807) is 0 Å². The molecule has 0 bridgehead atoms. The van der Waals surface area contributed by atoms with E-state index in [0.29, 0.717) is 0 Å². The highest BCUT2D eigenvalue weighted by atomic mass is 16.7. The summed E-state index contributed by atoms with van der Waals surface area (Å²) >= 11 is 0. The fourth-order valence-corrected chi connectivity index (χ4v) is 4.82. The zero-order valence-electron chi connectivity index (χ0n) is 15.7. The van der Waals surface area contributed by atoms with Crippen molar-refractivity contribution in [1.82, 2.24) is 14.4 Å². The van der Waals surface area contributed by atoms with E-state index in [2.05, 4.69) is 45.9 Å². The molecule has 0 saturated carbocycles. The number of ether oxygens (including phenoxy) is 2. The first-order chi connectivity index (χ1) is 13.7. The van der Waals surface area contributed by atoms with Gasteiger partial charge >= 0.3 is 0 Å². The Labute approximate surface area is 162 Å². The number of likely N-dealkylation sites (N-methyl/N-ethyl adjacent to an activating group) is 1. The van der Waals surface area contributed by atoms with Crippen LogP contribution < -0.4 is 9.47 Å². The van der Waals surface area contributed by atoms with Crippen LogP contribution in [0.4, 0.5) is 0 Å². The zero-order valence-corrected chi connectivity index (χ0v) is 15.7. The topological polar surface area (TPSA) is 46.9 Å². The summed E-state index contributed by atoms with van der Waals surface area (Å²) in [5, 5.41) is 1.23. The van der Waals surface area contributed by atoms with Gasteiger partial charge in [0.05, 0.1) is 11.6 Å². The standard InChI is InChI=1S/C22H21N3O3/c1-23-8-9-24-12-19-16(11-18(24)22(23)26)15-4-2-3-5-17(15)25(19)14-6-7-20-21(10-14)28-13-27-20/h2-7,10,18H,8-9,11-13H2,1H3/t18-/m1/s1. The lowest BCUT2D eigenvalue weighted by Gasteiger charge is -2.42. The SMILES string of the molecule is CN1CCN2Cc3c(c4ccccc4n3-c3ccc4c(c3)OCO4)C[C@@H]2C1=O. The molecule has 1 atom stereocenters. The minimum absolute atomic E-state index is 0.0535. The summed E-state index contributed by atoms with van der Waals surface area (Å²) < 4.78 is 13.4. The highest BCUT2D eigenvalue weighted by Crippen LogP contribution is 2.39. The van der Waals surface area contributed by atoms with E-state index in [-0.39, 0.29) is 18.7 Å². The van der Waals surface area contributed by atoms with Gasteiger partial charge < -0.3 is 18.9 Å². The molecule has 0 spiro atoms. The molecular weight excluding hydrogens is 354 g/mol. The van der Waals surface area contributed by atoms with Crippen LogP contribution in [-0.4, -0.2) is 53.2 Å². The molecule has 0 unspecified atom stereocenters. The van der Waals surface area contributed by atoms with E-state index in [1.807, 2.05) is 18.0 Å². The number of amides is 1. The first-order valence-corrected chi connectivity index (χ1v) is 9.71. The van der Waals surface area contributed by atoms with Crippen LogP contribution in [0.25, 0.3) is 16.6 Å². The first kappa shape index (κ1) is 16.0. The molecule has 6 nitrogen and oxygen atoms in total. The van der Waals surface area contributed by atoms with Gasteiger partial charge in [0.2, 0.25) is 12.7 Å². The minimum atomic E-state index is -0.0535. The Bertz CT molecular complexity index is 1120. The Balaban J connectivity index is 1.55. The van der Waals surface area contributed by atoms with Crippen LogP contribution in [-0.2, 0) is 17.8 Å². The number of fused-ring (bicyclic) bond motifs is 5. The van der Waals surface area contributed by atoms with E-state index in [1.165, 1.54) is 22.2 Å². The maximum atomic E-state index is 12.8. The summed E-state index contributed by atoms with van der Waals surface area (Å²) in [6.45, 7) is 2.75. The predicted octanol–water partition coefficient (Wildman–Crippen LogP) is 2.56. The van der Waals surface area contributed by atoms with Crippen molar-refractivity contribution in [3.05, 3.63) is 53.7 Å². The summed E-state index contributed by atoms with van der Waals surface area (Å²) in [7, 11) is 1.91. The molecule has 3 aromatic rings. The summed E-state index contributed by atoms with van der Waals surface area (Å²) in [6.07, 6.45) is 0.760. The van der Waals surface area contributed by atoms with Crippen molar-refractivity contribution < 1.29 is 14.3 Å². The lowest BCUT2D eigenvalue weighted by atomic mass is 9.94. The second-order valence-corrected chi connectivity index (χ2v) is 7.77. The van der Waals surface area contributed by atoms with Gasteiger partial charge in [-0.05, 0) is 30.2 Å². The van der Waals surface area contributed by atoms with Gasteiger partial charge in [-0.2, -0.15) is 0 Å². The lowest BCUT2D eigenvalue weighted by molar-refractivity contribution is -0.141. The van der Waals surface area contributed by atoms with Crippen LogP contribution in [0.15, 0.2) is 42.5 Å². The van der Waals surface area contributed by atoms with Crippen LogP contribution in [0.5, 0.6) is 11.5 Å². The number of rotatable bonds is 1. The van der Waals surface area contributed by atoms with Crippen molar-refractivity contribution >= 4 is 16.8 Å². The van der Waals surface area contributed by atoms with Gasteiger partial charge in [-0.25, -0.2) is 0 Å². The third-order valence-electron chi connectivity index (χ3n) is 6.28. The molecule has 3 aliphatic rings. The molecule has 0 radical (unpaired) electrons. The van der Waals surface area contributed by atoms with E-state index < -0.39 is 0 Å². The minimum Gasteiger partial charge on any atom is -0.454 e. The average molecular weight is 375 g/mol. The van der Waals surface area contributed by atoms with Crippen LogP contribution in [0.1, 0.15) is 11.3 Å². The van der Waals surface area contributed by atoms with Gasteiger partial charge in [-0.1, -0.05) is 18.2 Å². The Morgan fingerprint density at radius 2 is 1.89 bits per heavy atom. The van der Waals surface area contributed by atoms with Crippen molar-refractivity contribution in [3.8, 4) is 17.2 Å². The number of aromatic nitrogens is 1. The number of para-hydroxylation sites is 1. The summed E-state index contributed by atoms with van der Waals surface area (Å²) in [6, 6.07) is 14.5. The molecule has 3 aliphatic heterocycles. The van der Waals surface area contributed by atoms with E-state index in [0.717, 1.165) is 43.2 Å². The molecule has 1 saturated heterocycles. The molecule has 0 N–H and O–H groups in total. The zero-order chi connectivity index (χ0) is 18.8. The molecular formula is C22H21N3O3. The molecule has 0 aliphatic carbocycles. The van der Waals surface area contributed by atoms with Crippen molar-refractivity contribution in [1.29, 1.82) is 0 Å². The Hall–Kier alpha value is -2.99. The van der Waals surface area contributed by atoms with Crippen LogP contribution in [0.3, 0.4) is 0 Å². The number of hydrogen-bond acceptors (Lipinski definition) is 4. The maximum absolute atomic E-state index is 12.8. The van der Waals surface area contributed by atoms with Gasteiger partial charge in [0.25, 0.3) is 0 Å². The fraction of sp³-hybridized carbons (Fsp3) is 0.318. The third kappa shape index (κ3) is 2.15. The summed E-state index contributed by atoms with van der Waals surface area (Å²) in [4.78, 5) is 16.9. The summed E-state index contributed by atoms with van der Waals surface area (Å²) in [5.41, 5.74) is 4.81. The maximum Gasteiger partial charge on any atom is 0.240 e. The molecule has 6 rings (SSSR count). The van der Waals surface area contributed by atoms with Gasteiger partial charge in [0, 0.05) is 49.5 Å².